The predicted octanol–water partition coefficient (Wildman–Crippen LogP) is 4.14. The molecule has 0 saturated carbocycles. The molecule has 0 heterocycles. The number of benzene rings is 3. The van der Waals surface area contributed by atoms with Crippen molar-refractivity contribution in [1.29, 1.82) is 0 Å². The molecule has 1 amide bonds. The van der Waals surface area contributed by atoms with Gasteiger partial charge in [0.2, 0.25) is 5.91 Å². The summed E-state index contributed by atoms with van der Waals surface area (Å²) in [7, 11) is 0. The minimum absolute atomic E-state index is 0.108. The summed E-state index contributed by atoms with van der Waals surface area (Å²) in [6, 6.07) is 24.3. The summed E-state index contributed by atoms with van der Waals surface area (Å²) in [6.07, 6.45) is 0.807. The number of rotatable bonds is 7. The molecule has 0 aliphatic rings. The van der Waals surface area contributed by atoms with Crippen LogP contribution in [0.1, 0.15) is 16.7 Å². The number of para-hydroxylation sites is 1. The largest absolute Gasteiger partial charge is 0.376 e. The van der Waals surface area contributed by atoms with E-state index in [-0.39, 0.29) is 18.3 Å². The molecule has 3 nitrogen and oxygen atoms in total. The van der Waals surface area contributed by atoms with E-state index in [0.717, 1.165) is 23.2 Å². The standard InChI is InChI=1S/C22H21FN2O/c23-20-12-10-18(11-13-20)15-25-22(26)16-24-21-9-5-4-8-19(21)14-17-6-2-1-3-7-17/h1-13,24H,14-16H2,(H,25,26). The second kappa shape index (κ2) is 8.81. The van der Waals surface area contributed by atoms with Gasteiger partial charge in [-0.15, -0.1) is 0 Å². The SMILES string of the molecule is O=C(CNc1ccccc1Cc1ccccc1)NCc1ccc(F)cc1. The maximum absolute atomic E-state index is 12.9. The van der Waals surface area contributed by atoms with Crippen molar-refractivity contribution in [1.82, 2.24) is 5.32 Å². The van der Waals surface area contributed by atoms with Crippen molar-refractivity contribution < 1.29 is 9.18 Å². The van der Waals surface area contributed by atoms with Crippen LogP contribution in [0.25, 0.3) is 0 Å². The van der Waals surface area contributed by atoms with Gasteiger partial charge in [-0.2, -0.15) is 0 Å². The lowest BCUT2D eigenvalue weighted by molar-refractivity contribution is -0.119. The molecule has 132 valence electrons. The maximum atomic E-state index is 12.9. The Morgan fingerprint density at radius 3 is 2.27 bits per heavy atom. The van der Waals surface area contributed by atoms with Crippen LogP contribution in [-0.4, -0.2) is 12.5 Å². The van der Waals surface area contributed by atoms with Gasteiger partial charge in [-0.25, -0.2) is 4.39 Å². The normalized spacial score (nSPS) is 10.3. The van der Waals surface area contributed by atoms with Crippen molar-refractivity contribution in [3.8, 4) is 0 Å². The molecule has 26 heavy (non-hydrogen) atoms. The monoisotopic (exact) mass is 348 g/mol. The molecule has 3 rings (SSSR count). The van der Waals surface area contributed by atoms with E-state index in [9.17, 15) is 9.18 Å². The Bertz CT molecular complexity index is 848. The third-order valence-corrected chi connectivity index (χ3v) is 4.10. The molecule has 0 atom stereocenters. The third kappa shape index (κ3) is 5.18. The highest BCUT2D eigenvalue weighted by Crippen LogP contribution is 2.18. The van der Waals surface area contributed by atoms with Crippen LogP contribution in [0.3, 0.4) is 0 Å². The molecule has 0 unspecified atom stereocenters. The van der Waals surface area contributed by atoms with Crippen LogP contribution in [-0.2, 0) is 17.8 Å². The zero-order valence-electron chi connectivity index (χ0n) is 14.4. The van der Waals surface area contributed by atoms with E-state index in [1.54, 1.807) is 12.1 Å². The molecule has 0 saturated heterocycles. The van der Waals surface area contributed by atoms with Crippen molar-refractivity contribution in [3.63, 3.8) is 0 Å². The molecule has 0 aromatic heterocycles. The average Bonchev–Trinajstić information content (AvgIpc) is 2.68. The van der Waals surface area contributed by atoms with Crippen LogP contribution < -0.4 is 10.6 Å². The molecule has 0 fully saturated rings. The molecule has 4 heteroatoms. The first kappa shape index (κ1) is 17.7. The van der Waals surface area contributed by atoms with Gasteiger partial charge in [0, 0.05) is 12.2 Å². The van der Waals surface area contributed by atoms with Gasteiger partial charge in [-0.3, -0.25) is 4.79 Å². The van der Waals surface area contributed by atoms with Crippen LogP contribution in [0.2, 0.25) is 0 Å². The number of anilines is 1. The Kier molecular flexibility index (Phi) is 5.99. The lowest BCUT2D eigenvalue weighted by Crippen LogP contribution is -2.29. The molecule has 0 bridgehead atoms. The summed E-state index contributed by atoms with van der Waals surface area (Å²) < 4.78 is 12.9. The molecule has 0 aliphatic carbocycles. The number of carbonyl (C=O) groups excluding carboxylic acids is 1. The fourth-order valence-electron chi connectivity index (χ4n) is 2.70. The quantitative estimate of drug-likeness (QED) is 0.674. The van der Waals surface area contributed by atoms with Gasteiger partial charge in [0.05, 0.1) is 6.54 Å². The first-order valence-electron chi connectivity index (χ1n) is 8.57. The van der Waals surface area contributed by atoms with Crippen LogP contribution in [0.4, 0.5) is 10.1 Å². The number of nitrogens with one attached hydrogen (secondary N) is 2. The Labute approximate surface area is 152 Å². The molecule has 2 N–H and O–H groups in total. The van der Waals surface area contributed by atoms with Crippen molar-refractivity contribution in [2.24, 2.45) is 0 Å². The van der Waals surface area contributed by atoms with E-state index in [4.69, 9.17) is 0 Å². The first-order chi connectivity index (χ1) is 12.7. The molecule has 0 radical (unpaired) electrons. The van der Waals surface area contributed by atoms with Gasteiger partial charge in [0.15, 0.2) is 0 Å². The van der Waals surface area contributed by atoms with Crippen molar-refractivity contribution in [2.45, 2.75) is 13.0 Å². The summed E-state index contributed by atoms with van der Waals surface area (Å²) in [5, 5.41) is 6.04. The van der Waals surface area contributed by atoms with E-state index in [0.29, 0.717) is 6.54 Å². The minimum atomic E-state index is -0.281. The summed E-state index contributed by atoms with van der Waals surface area (Å²) in [5.74, 6) is -0.388. The molecule has 0 aliphatic heterocycles. The van der Waals surface area contributed by atoms with E-state index >= 15 is 0 Å². The second-order valence-corrected chi connectivity index (χ2v) is 6.08. The van der Waals surface area contributed by atoms with E-state index in [1.165, 1.54) is 17.7 Å². The number of hydrogen-bond acceptors (Lipinski definition) is 2. The van der Waals surface area contributed by atoms with Gasteiger partial charge >= 0.3 is 0 Å². The fourth-order valence-corrected chi connectivity index (χ4v) is 2.70. The van der Waals surface area contributed by atoms with Crippen molar-refractivity contribution in [2.75, 3.05) is 11.9 Å². The highest BCUT2D eigenvalue weighted by Gasteiger charge is 2.06. The predicted molar refractivity (Wildman–Crippen MR) is 102 cm³/mol. The molecular weight excluding hydrogens is 327 g/mol. The van der Waals surface area contributed by atoms with Crippen LogP contribution in [0.5, 0.6) is 0 Å². The van der Waals surface area contributed by atoms with Gasteiger partial charge in [-0.1, -0.05) is 60.7 Å². The molecule has 3 aromatic carbocycles. The molecule has 3 aromatic rings. The Balaban J connectivity index is 1.54. The smallest absolute Gasteiger partial charge is 0.239 e. The Hall–Kier alpha value is -3.14. The molecule has 0 spiro atoms. The number of amides is 1. The van der Waals surface area contributed by atoms with Crippen molar-refractivity contribution in [3.05, 3.63) is 101 Å². The average molecular weight is 348 g/mol. The zero-order chi connectivity index (χ0) is 18.2. The highest BCUT2D eigenvalue weighted by atomic mass is 19.1. The van der Waals surface area contributed by atoms with E-state index < -0.39 is 0 Å². The lowest BCUT2D eigenvalue weighted by Gasteiger charge is -2.12. The third-order valence-electron chi connectivity index (χ3n) is 4.10. The number of carbonyl (C=O) groups is 1. The highest BCUT2D eigenvalue weighted by molar-refractivity contribution is 5.81. The van der Waals surface area contributed by atoms with Gasteiger partial charge in [0.1, 0.15) is 5.82 Å². The minimum Gasteiger partial charge on any atom is -0.376 e. The number of hydrogen-bond donors (Lipinski definition) is 2. The van der Waals surface area contributed by atoms with Crippen LogP contribution >= 0.6 is 0 Å². The summed E-state index contributed by atoms with van der Waals surface area (Å²) in [4.78, 5) is 12.1. The second-order valence-electron chi connectivity index (χ2n) is 6.08. The van der Waals surface area contributed by atoms with E-state index in [2.05, 4.69) is 28.8 Å². The number of halogens is 1. The van der Waals surface area contributed by atoms with E-state index in [1.807, 2.05) is 36.4 Å². The summed E-state index contributed by atoms with van der Waals surface area (Å²) in [5.41, 5.74) is 4.19. The topological polar surface area (TPSA) is 41.1 Å². The van der Waals surface area contributed by atoms with Crippen molar-refractivity contribution >= 4 is 11.6 Å². The van der Waals surface area contributed by atoms with Gasteiger partial charge in [0.25, 0.3) is 0 Å². The summed E-state index contributed by atoms with van der Waals surface area (Å²) >= 11 is 0. The first-order valence-corrected chi connectivity index (χ1v) is 8.57. The maximum Gasteiger partial charge on any atom is 0.239 e. The zero-order valence-corrected chi connectivity index (χ0v) is 14.4. The summed E-state index contributed by atoms with van der Waals surface area (Å²) in [6.45, 7) is 0.569. The van der Waals surface area contributed by atoms with Gasteiger partial charge < -0.3 is 10.6 Å². The molecular formula is C22H21FN2O. The van der Waals surface area contributed by atoms with Crippen LogP contribution in [0, 0.1) is 5.82 Å². The van der Waals surface area contributed by atoms with Crippen LogP contribution in [0.15, 0.2) is 78.9 Å². The van der Waals surface area contributed by atoms with Gasteiger partial charge in [-0.05, 0) is 41.3 Å². The lowest BCUT2D eigenvalue weighted by atomic mass is 10.0. The Morgan fingerprint density at radius 1 is 0.808 bits per heavy atom. The Morgan fingerprint density at radius 2 is 1.50 bits per heavy atom. The fraction of sp³-hybridized carbons (Fsp3) is 0.136.